The van der Waals surface area contributed by atoms with Gasteiger partial charge >= 0.3 is 0 Å². The summed E-state index contributed by atoms with van der Waals surface area (Å²) in [5.74, 6) is 0.109. The summed E-state index contributed by atoms with van der Waals surface area (Å²) in [5, 5.41) is 13.5. The largest absolute Gasteiger partial charge is 0.320 e. The number of nitriles is 1. The lowest BCUT2D eigenvalue weighted by atomic mass is 9.99. The van der Waals surface area contributed by atoms with Crippen molar-refractivity contribution in [2.45, 2.75) is 18.4 Å². The topological polar surface area (TPSA) is 92.7 Å². The van der Waals surface area contributed by atoms with E-state index in [1.54, 1.807) is 18.7 Å². The summed E-state index contributed by atoms with van der Waals surface area (Å²) in [6.07, 6.45) is 0.145. The second kappa shape index (κ2) is 11.9. The van der Waals surface area contributed by atoms with Crippen LogP contribution in [0.5, 0.6) is 0 Å². The van der Waals surface area contributed by atoms with E-state index >= 15 is 0 Å². The Morgan fingerprint density at radius 1 is 0.950 bits per heavy atom. The molecule has 2 aromatic heterocycles. The number of carbonyl (C=O) groups excluding carboxylic acids is 1. The Morgan fingerprint density at radius 2 is 1.55 bits per heavy atom. The van der Waals surface area contributed by atoms with Gasteiger partial charge in [-0.25, -0.2) is 9.67 Å². The molecule has 0 saturated carbocycles. The van der Waals surface area contributed by atoms with Crippen LogP contribution in [-0.4, -0.2) is 26.0 Å². The standard InChI is InChI=1S/C32H27N5O2S/c1-22-30(32(39)37(36(22)2)25-16-10-5-11-17-25)35-29(38)18-19-40-31-27(21-33)26(23-12-6-3-7-13-23)20-28(34-31)24-14-8-4-9-15-24/h3-17,20H,18-19H2,1-2H3,(H,35,38). The van der Waals surface area contributed by atoms with Crippen molar-refractivity contribution in [3.8, 4) is 34.1 Å². The molecule has 0 saturated heterocycles. The van der Waals surface area contributed by atoms with Gasteiger partial charge in [0.05, 0.1) is 22.6 Å². The van der Waals surface area contributed by atoms with Crippen LogP contribution in [0.1, 0.15) is 17.7 Å². The first-order valence-corrected chi connectivity index (χ1v) is 13.8. The van der Waals surface area contributed by atoms with Gasteiger partial charge in [0.2, 0.25) is 5.91 Å². The number of carbonyl (C=O) groups is 1. The molecule has 198 valence electrons. The fraction of sp³-hybridized carbons (Fsp3) is 0.125. The maximum atomic E-state index is 13.1. The van der Waals surface area contributed by atoms with Crippen LogP contribution in [0.2, 0.25) is 0 Å². The summed E-state index contributed by atoms with van der Waals surface area (Å²) in [5.41, 5.74) is 5.24. The highest BCUT2D eigenvalue weighted by Crippen LogP contribution is 2.34. The third-order valence-electron chi connectivity index (χ3n) is 6.64. The van der Waals surface area contributed by atoms with Crippen LogP contribution in [0.15, 0.2) is 107 Å². The number of amides is 1. The molecule has 5 aromatic rings. The fourth-order valence-electron chi connectivity index (χ4n) is 4.49. The number of nitrogens with one attached hydrogen (secondary N) is 1. The lowest BCUT2D eigenvalue weighted by Crippen LogP contribution is -2.23. The van der Waals surface area contributed by atoms with E-state index in [4.69, 9.17) is 4.98 Å². The number of pyridine rings is 1. The fourth-order valence-corrected chi connectivity index (χ4v) is 5.43. The predicted molar refractivity (Wildman–Crippen MR) is 160 cm³/mol. The summed E-state index contributed by atoms with van der Waals surface area (Å²) in [6, 6.07) is 33.1. The van der Waals surface area contributed by atoms with Gasteiger partial charge in [-0.15, -0.1) is 11.8 Å². The molecule has 5 rings (SSSR count). The highest BCUT2D eigenvalue weighted by Gasteiger charge is 2.19. The van der Waals surface area contributed by atoms with Crippen LogP contribution in [0.3, 0.4) is 0 Å². The van der Waals surface area contributed by atoms with E-state index in [9.17, 15) is 14.9 Å². The molecule has 0 aliphatic rings. The Bertz CT molecular complexity index is 1760. The summed E-state index contributed by atoms with van der Waals surface area (Å²) < 4.78 is 3.26. The molecule has 0 unspecified atom stereocenters. The number of anilines is 1. The van der Waals surface area contributed by atoms with Crippen molar-refractivity contribution in [3.63, 3.8) is 0 Å². The molecule has 0 bridgehead atoms. The second-order valence-electron chi connectivity index (χ2n) is 9.16. The number of benzene rings is 3. The summed E-state index contributed by atoms with van der Waals surface area (Å²) in [7, 11) is 1.79. The minimum atomic E-state index is -0.288. The van der Waals surface area contributed by atoms with Gasteiger partial charge in [-0.2, -0.15) is 5.26 Å². The molecule has 7 nitrogen and oxygen atoms in total. The molecular weight excluding hydrogens is 518 g/mol. The number of para-hydroxylation sites is 1. The quantitative estimate of drug-likeness (QED) is 0.234. The zero-order chi connectivity index (χ0) is 28.1. The number of rotatable bonds is 8. The molecular formula is C32H27N5O2S. The van der Waals surface area contributed by atoms with E-state index in [-0.39, 0.29) is 23.6 Å². The Morgan fingerprint density at radius 3 is 2.17 bits per heavy atom. The molecule has 0 spiro atoms. The lowest BCUT2D eigenvalue weighted by Gasteiger charge is -2.12. The van der Waals surface area contributed by atoms with Crippen molar-refractivity contribution in [3.05, 3.63) is 119 Å². The van der Waals surface area contributed by atoms with E-state index in [0.717, 1.165) is 28.1 Å². The van der Waals surface area contributed by atoms with E-state index < -0.39 is 0 Å². The van der Waals surface area contributed by atoms with Crippen LogP contribution < -0.4 is 10.9 Å². The first-order valence-electron chi connectivity index (χ1n) is 12.8. The third kappa shape index (κ3) is 5.46. The zero-order valence-electron chi connectivity index (χ0n) is 22.2. The van der Waals surface area contributed by atoms with Crippen molar-refractivity contribution >= 4 is 23.4 Å². The van der Waals surface area contributed by atoms with E-state index in [1.165, 1.54) is 16.4 Å². The predicted octanol–water partition coefficient (Wildman–Crippen LogP) is 6.21. The molecule has 0 radical (unpaired) electrons. The molecule has 0 aliphatic heterocycles. The summed E-state index contributed by atoms with van der Waals surface area (Å²) in [4.78, 5) is 30.9. The lowest BCUT2D eigenvalue weighted by molar-refractivity contribution is -0.115. The van der Waals surface area contributed by atoms with Crippen LogP contribution >= 0.6 is 11.8 Å². The maximum absolute atomic E-state index is 13.1. The molecule has 0 fully saturated rings. The molecule has 1 amide bonds. The first-order chi connectivity index (χ1) is 19.5. The average Bonchev–Trinajstić information content (AvgIpc) is 3.20. The van der Waals surface area contributed by atoms with Crippen LogP contribution in [0.4, 0.5) is 5.69 Å². The van der Waals surface area contributed by atoms with Crippen LogP contribution in [0.25, 0.3) is 28.1 Å². The molecule has 3 aromatic carbocycles. The Kier molecular flexibility index (Phi) is 7.94. The Hall–Kier alpha value is -4.87. The molecule has 0 aliphatic carbocycles. The van der Waals surface area contributed by atoms with Crippen LogP contribution in [-0.2, 0) is 11.8 Å². The van der Waals surface area contributed by atoms with Gasteiger partial charge in [0.1, 0.15) is 16.8 Å². The maximum Gasteiger partial charge on any atom is 0.295 e. The monoisotopic (exact) mass is 545 g/mol. The third-order valence-corrected chi connectivity index (χ3v) is 7.62. The smallest absolute Gasteiger partial charge is 0.295 e. The van der Waals surface area contributed by atoms with Gasteiger partial charge in [0.25, 0.3) is 5.56 Å². The van der Waals surface area contributed by atoms with Crippen molar-refractivity contribution in [1.82, 2.24) is 14.3 Å². The highest BCUT2D eigenvalue weighted by molar-refractivity contribution is 7.99. The summed E-state index contributed by atoms with van der Waals surface area (Å²) >= 11 is 1.36. The van der Waals surface area contributed by atoms with E-state index in [1.807, 2.05) is 97.1 Å². The van der Waals surface area contributed by atoms with Crippen molar-refractivity contribution in [2.75, 3.05) is 11.1 Å². The number of thioether (sulfide) groups is 1. The second-order valence-corrected chi connectivity index (χ2v) is 10.2. The van der Waals surface area contributed by atoms with Gasteiger partial charge in [-0.3, -0.25) is 14.3 Å². The van der Waals surface area contributed by atoms with Gasteiger partial charge in [0.15, 0.2) is 0 Å². The Balaban J connectivity index is 1.37. The molecule has 0 atom stereocenters. The van der Waals surface area contributed by atoms with E-state index in [0.29, 0.717) is 22.0 Å². The summed E-state index contributed by atoms with van der Waals surface area (Å²) in [6.45, 7) is 1.80. The molecule has 8 heteroatoms. The van der Waals surface area contributed by atoms with Crippen molar-refractivity contribution in [1.29, 1.82) is 5.26 Å². The van der Waals surface area contributed by atoms with E-state index in [2.05, 4.69) is 11.4 Å². The number of hydrogen-bond donors (Lipinski definition) is 1. The Labute approximate surface area is 236 Å². The highest BCUT2D eigenvalue weighted by atomic mass is 32.2. The average molecular weight is 546 g/mol. The van der Waals surface area contributed by atoms with Crippen LogP contribution in [0, 0.1) is 18.3 Å². The molecule has 40 heavy (non-hydrogen) atoms. The zero-order valence-corrected chi connectivity index (χ0v) is 23.0. The molecule has 2 heterocycles. The van der Waals surface area contributed by atoms with Crippen molar-refractivity contribution < 1.29 is 4.79 Å². The number of nitrogens with zero attached hydrogens (tertiary/aromatic N) is 4. The SMILES string of the molecule is Cc1c(NC(=O)CCSc2nc(-c3ccccc3)cc(-c3ccccc3)c2C#N)c(=O)n(-c2ccccc2)n1C. The minimum Gasteiger partial charge on any atom is -0.320 e. The molecule has 1 N–H and O–H groups in total. The first kappa shape index (κ1) is 26.7. The normalized spacial score (nSPS) is 10.7. The number of hydrogen-bond acceptors (Lipinski definition) is 5. The number of aromatic nitrogens is 3. The van der Waals surface area contributed by atoms with Gasteiger partial charge < -0.3 is 5.32 Å². The van der Waals surface area contributed by atoms with Gasteiger partial charge in [-0.05, 0) is 30.7 Å². The van der Waals surface area contributed by atoms with Gasteiger partial charge in [0, 0.05) is 30.3 Å². The van der Waals surface area contributed by atoms with Crippen molar-refractivity contribution in [2.24, 2.45) is 7.05 Å². The van der Waals surface area contributed by atoms with Gasteiger partial charge in [-0.1, -0.05) is 78.9 Å². The minimum absolute atomic E-state index is 0.145.